The molecule has 1 atom stereocenters. The molecule has 0 heterocycles. The molecule has 0 aliphatic rings. The first-order chi connectivity index (χ1) is 12.2. The monoisotopic (exact) mass is 356 g/mol. The lowest BCUT2D eigenvalue weighted by Gasteiger charge is -2.20. The van der Waals surface area contributed by atoms with Gasteiger partial charge in [-0.05, 0) is 42.2 Å². The van der Waals surface area contributed by atoms with Gasteiger partial charge in [0.2, 0.25) is 5.91 Å². The minimum absolute atomic E-state index is 0.0881. The number of benzene rings is 2. The third-order valence-electron chi connectivity index (χ3n) is 4.18. The van der Waals surface area contributed by atoms with Gasteiger partial charge >= 0.3 is 0 Å². The summed E-state index contributed by atoms with van der Waals surface area (Å²) < 4.78 is 10.5. The highest BCUT2D eigenvalue weighted by atomic mass is 16.5. The lowest BCUT2D eigenvalue weighted by atomic mass is 9.87. The largest absolute Gasteiger partial charge is 0.493 e. The summed E-state index contributed by atoms with van der Waals surface area (Å²) in [6.45, 7) is 8.30. The summed E-state index contributed by atoms with van der Waals surface area (Å²) in [7, 11) is 3.17. The molecule has 2 aromatic rings. The predicted octanol–water partition coefficient (Wildman–Crippen LogP) is 4.44. The molecule has 0 fully saturated rings. The summed E-state index contributed by atoms with van der Waals surface area (Å²) in [5, 5.41) is 6.11. The number of hydrogen-bond donors (Lipinski definition) is 2. The van der Waals surface area contributed by atoms with Crippen molar-refractivity contribution in [1.29, 1.82) is 0 Å². The van der Waals surface area contributed by atoms with Crippen molar-refractivity contribution < 1.29 is 14.3 Å². The van der Waals surface area contributed by atoms with Crippen LogP contribution in [-0.4, -0.2) is 26.2 Å². The summed E-state index contributed by atoms with van der Waals surface area (Å²) in [5.74, 6) is 1.15. The molecule has 0 aliphatic carbocycles. The highest BCUT2D eigenvalue weighted by Gasteiger charge is 2.16. The van der Waals surface area contributed by atoms with Gasteiger partial charge in [0.15, 0.2) is 11.5 Å². The number of nitrogens with one attached hydrogen (secondary N) is 2. The minimum atomic E-state index is -0.407. The molecule has 5 heteroatoms. The van der Waals surface area contributed by atoms with Gasteiger partial charge in [0.05, 0.1) is 14.2 Å². The number of anilines is 2. The number of methoxy groups -OCH3 is 2. The molecule has 0 saturated carbocycles. The normalized spacial score (nSPS) is 12.2. The van der Waals surface area contributed by atoms with Crippen molar-refractivity contribution in [2.75, 3.05) is 24.9 Å². The molecule has 1 amide bonds. The number of hydrogen-bond acceptors (Lipinski definition) is 4. The maximum Gasteiger partial charge on any atom is 0.246 e. The van der Waals surface area contributed by atoms with Crippen LogP contribution in [0, 0.1) is 0 Å². The van der Waals surface area contributed by atoms with Gasteiger partial charge in [-0.25, -0.2) is 0 Å². The van der Waals surface area contributed by atoms with Gasteiger partial charge < -0.3 is 20.1 Å². The van der Waals surface area contributed by atoms with E-state index in [1.54, 1.807) is 26.4 Å². The second-order valence-electron chi connectivity index (χ2n) is 7.25. The van der Waals surface area contributed by atoms with E-state index in [4.69, 9.17) is 9.47 Å². The zero-order chi connectivity index (χ0) is 19.3. The van der Waals surface area contributed by atoms with Gasteiger partial charge in [-0.3, -0.25) is 4.79 Å². The molecule has 0 radical (unpaired) electrons. The van der Waals surface area contributed by atoms with Crippen LogP contribution >= 0.6 is 0 Å². The number of carbonyl (C=O) groups is 1. The highest BCUT2D eigenvalue weighted by Crippen LogP contribution is 2.30. The van der Waals surface area contributed by atoms with Crippen molar-refractivity contribution in [1.82, 2.24) is 0 Å². The van der Waals surface area contributed by atoms with Gasteiger partial charge in [0.1, 0.15) is 6.04 Å². The molecule has 2 N–H and O–H groups in total. The maximum atomic E-state index is 12.4. The second kappa shape index (κ2) is 8.13. The number of carbonyl (C=O) groups excluding carboxylic acids is 1. The lowest BCUT2D eigenvalue weighted by Crippen LogP contribution is -2.31. The first-order valence-electron chi connectivity index (χ1n) is 8.64. The first kappa shape index (κ1) is 19.6. The molecular weight excluding hydrogens is 328 g/mol. The summed E-state index contributed by atoms with van der Waals surface area (Å²) in [6.07, 6.45) is 0. The fourth-order valence-electron chi connectivity index (χ4n) is 2.55. The van der Waals surface area contributed by atoms with E-state index in [1.165, 1.54) is 5.56 Å². The van der Waals surface area contributed by atoms with Crippen molar-refractivity contribution in [3.05, 3.63) is 48.0 Å². The smallest absolute Gasteiger partial charge is 0.246 e. The zero-order valence-electron chi connectivity index (χ0n) is 16.3. The van der Waals surface area contributed by atoms with Crippen molar-refractivity contribution >= 4 is 17.3 Å². The maximum absolute atomic E-state index is 12.4. The molecule has 0 aliphatic heterocycles. The summed E-state index contributed by atoms with van der Waals surface area (Å²) in [5.41, 5.74) is 2.88. The fraction of sp³-hybridized carbons (Fsp3) is 0.381. The standard InChI is InChI=1S/C21H28N2O3/c1-14(22-17-11-12-18(25-5)19(13-17)26-6)20(24)23-16-9-7-15(8-10-16)21(2,3)4/h7-14,22H,1-6H3,(H,23,24). The Hall–Kier alpha value is -2.69. The van der Waals surface area contributed by atoms with E-state index < -0.39 is 6.04 Å². The van der Waals surface area contributed by atoms with Crippen molar-refractivity contribution in [2.45, 2.75) is 39.2 Å². The van der Waals surface area contributed by atoms with E-state index in [9.17, 15) is 4.79 Å². The summed E-state index contributed by atoms with van der Waals surface area (Å²) >= 11 is 0. The van der Waals surface area contributed by atoms with E-state index in [-0.39, 0.29) is 11.3 Å². The topological polar surface area (TPSA) is 59.6 Å². The Morgan fingerprint density at radius 2 is 1.50 bits per heavy atom. The fourth-order valence-corrected chi connectivity index (χ4v) is 2.55. The molecule has 2 aromatic carbocycles. The van der Waals surface area contributed by atoms with Gasteiger partial charge in [-0.2, -0.15) is 0 Å². The van der Waals surface area contributed by atoms with E-state index in [0.717, 1.165) is 11.4 Å². The number of ether oxygens (including phenoxy) is 2. The van der Waals surface area contributed by atoms with Crippen LogP contribution in [0.2, 0.25) is 0 Å². The Labute approximate surface area is 155 Å². The molecular formula is C21H28N2O3. The first-order valence-corrected chi connectivity index (χ1v) is 8.64. The Kier molecular flexibility index (Phi) is 6.14. The molecule has 5 nitrogen and oxygen atoms in total. The highest BCUT2D eigenvalue weighted by molar-refractivity contribution is 5.96. The third kappa shape index (κ3) is 4.91. The Balaban J connectivity index is 2.01. The summed E-state index contributed by atoms with van der Waals surface area (Å²) in [4.78, 5) is 12.4. The van der Waals surface area contributed by atoms with E-state index in [1.807, 2.05) is 37.3 Å². The van der Waals surface area contributed by atoms with E-state index >= 15 is 0 Å². The van der Waals surface area contributed by atoms with Crippen molar-refractivity contribution in [3.63, 3.8) is 0 Å². The molecule has 140 valence electrons. The lowest BCUT2D eigenvalue weighted by molar-refractivity contribution is -0.116. The number of amides is 1. The Bertz CT molecular complexity index is 749. The molecule has 0 aromatic heterocycles. The second-order valence-corrected chi connectivity index (χ2v) is 7.25. The Morgan fingerprint density at radius 3 is 2.04 bits per heavy atom. The number of rotatable bonds is 6. The van der Waals surface area contributed by atoms with Crippen LogP contribution in [0.4, 0.5) is 11.4 Å². The van der Waals surface area contributed by atoms with Crippen LogP contribution in [0.5, 0.6) is 11.5 Å². The van der Waals surface area contributed by atoms with Crippen LogP contribution in [0.15, 0.2) is 42.5 Å². The van der Waals surface area contributed by atoms with Gasteiger partial charge in [0.25, 0.3) is 0 Å². The van der Waals surface area contributed by atoms with Crippen LogP contribution in [0.25, 0.3) is 0 Å². The van der Waals surface area contributed by atoms with Crippen molar-refractivity contribution in [3.8, 4) is 11.5 Å². The Morgan fingerprint density at radius 1 is 0.923 bits per heavy atom. The molecule has 1 unspecified atom stereocenters. The van der Waals surface area contributed by atoms with Crippen LogP contribution in [-0.2, 0) is 10.2 Å². The quantitative estimate of drug-likeness (QED) is 0.803. The van der Waals surface area contributed by atoms with Crippen LogP contribution < -0.4 is 20.1 Å². The average molecular weight is 356 g/mol. The molecule has 0 spiro atoms. The SMILES string of the molecule is COc1ccc(NC(C)C(=O)Nc2ccc(C(C)(C)C)cc2)cc1OC. The van der Waals surface area contributed by atoms with Gasteiger partial charge in [0, 0.05) is 17.4 Å². The van der Waals surface area contributed by atoms with Gasteiger partial charge in [-0.15, -0.1) is 0 Å². The predicted molar refractivity (Wildman–Crippen MR) is 106 cm³/mol. The summed E-state index contributed by atoms with van der Waals surface area (Å²) in [6, 6.07) is 13.0. The molecule has 26 heavy (non-hydrogen) atoms. The molecule has 2 rings (SSSR count). The van der Waals surface area contributed by atoms with Gasteiger partial charge in [-0.1, -0.05) is 32.9 Å². The minimum Gasteiger partial charge on any atom is -0.493 e. The zero-order valence-corrected chi connectivity index (χ0v) is 16.3. The molecule has 0 saturated heterocycles. The van der Waals surface area contributed by atoms with E-state index in [0.29, 0.717) is 11.5 Å². The van der Waals surface area contributed by atoms with Crippen molar-refractivity contribution in [2.24, 2.45) is 0 Å². The van der Waals surface area contributed by atoms with E-state index in [2.05, 4.69) is 31.4 Å². The van der Waals surface area contributed by atoms with Crippen LogP contribution in [0.1, 0.15) is 33.3 Å². The third-order valence-corrected chi connectivity index (χ3v) is 4.18. The van der Waals surface area contributed by atoms with Crippen LogP contribution in [0.3, 0.4) is 0 Å². The average Bonchev–Trinajstić information content (AvgIpc) is 2.61. The molecule has 0 bridgehead atoms.